The van der Waals surface area contributed by atoms with Crippen LogP contribution in [0.4, 0.5) is 17.2 Å². The van der Waals surface area contributed by atoms with Gasteiger partial charge in [-0.1, -0.05) is 25.0 Å². The van der Waals surface area contributed by atoms with Crippen LogP contribution in [0.3, 0.4) is 0 Å². The molecule has 22 heavy (non-hydrogen) atoms. The van der Waals surface area contributed by atoms with E-state index in [2.05, 4.69) is 44.9 Å². The summed E-state index contributed by atoms with van der Waals surface area (Å²) >= 11 is 1.64. The van der Waals surface area contributed by atoms with Gasteiger partial charge >= 0.3 is 0 Å². The molecular formula is C17H18N4S. The summed E-state index contributed by atoms with van der Waals surface area (Å²) in [5.74, 6) is 0.868. The average Bonchev–Trinajstić information content (AvgIpc) is 3.21. The van der Waals surface area contributed by atoms with Gasteiger partial charge in [-0.05, 0) is 36.4 Å². The molecule has 1 saturated carbocycles. The van der Waals surface area contributed by atoms with Gasteiger partial charge in [-0.15, -0.1) is 11.3 Å². The predicted octanol–water partition coefficient (Wildman–Crippen LogP) is 4.79. The number of rotatable bonds is 4. The molecule has 3 aromatic rings. The molecule has 0 spiro atoms. The van der Waals surface area contributed by atoms with Gasteiger partial charge < -0.3 is 10.6 Å². The number of nitrogens with zero attached hydrogens (tertiary/aromatic N) is 2. The van der Waals surface area contributed by atoms with E-state index in [0.717, 1.165) is 27.4 Å². The van der Waals surface area contributed by atoms with Crippen LogP contribution in [0, 0.1) is 0 Å². The lowest BCUT2D eigenvalue weighted by molar-refractivity contribution is 0.756. The first-order chi connectivity index (χ1) is 10.9. The number of nitrogens with one attached hydrogen (secondary N) is 2. The number of fused-ring (bicyclic) bond motifs is 1. The van der Waals surface area contributed by atoms with E-state index in [1.807, 2.05) is 11.4 Å². The molecule has 0 unspecified atom stereocenters. The van der Waals surface area contributed by atoms with Crippen LogP contribution in [0.1, 0.15) is 25.7 Å². The number of aromatic nitrogens is 2. The maximum absolute atomic E-state index is 4.40. The second kappa shape index (κ2) is 5.93. The Hall–Kier alpha value is -2.14. The normalized spacial score (nSPS) is 15.3. The van der Waals surface area contributed by atoms with Gasteiger partial charge in [0, 0.05) is 6.04 Å². The van der Waals surface area contributed by atoms with E-state index >= 15 is 0 Å². The third-order valence-corrected chi connectivity index (χ3v) is 4.98. The van der Waals surface area contributed by atoms with Crippen LogP contribution in [-0.2, 0) is 0 Å². The fraction of sp³-hybridized carbons (Fsp3) is 0.294. The van der Waals surface area contributed by atoms with Crippen molar-refractivity contribution in [1.29, 1.82) is 0 Å². The van der Waals surface area contributed by atoms with E-state index in [0.29, 0.717) is 6.04 Å². The number of benzene rings is 1. The van der Waals surface area contributed by atoms with E-state index < -0.39 is 0 Å². The van der Waals surface area contributed by atoms with Gasteiger partial charge in [0.15, 0.2) is 0 Å². The maximum atomic E-state index is 4.40. The summed E-state index contributed by atoms with van der Waals surface area (Å²) in [4.78, 5) is 9.72. The highest BCUT2D eigenvalue weighted by atomic mass is 32.1. The van der Waals surface area contributed by atoms with Crippen molar-refractivity contribution < 1.29 is 0 Å². The highest BCUT2D eigenvalue weighted by molar-refractivity contribution is 7.16. The Morgan fingerprint density at radius 3 is 2.68 bits per heavy atom. The van der Waals surface area contributed by atoms with Crippen LogP contribution < -0.4 is 10.6 Å². The van der Waals surface area contributed by atoms with Gasteiger partial charge in [0.25, 0.3) is 0 Å². The molecule has 0 radical (unpaired) electrons. The Labute approximate surface area is 133 Å². The monoisotopic (exact) mass is 310 g/mol. The molecule has 4 nitrogen and oxygen atoms in total. The van der Waals surface area contributed by atoms with Gasteiger partial charge in [-0.25, -0.2) is 9.97 Å². The molecule has 2 aromatic heterocycles. The lowest BCUT2D eigenvalue weighted by atomic mass is 10.2. The largest absolute Gasteiger partial charge is 0.381 e. The van der Waals surface area contributed by atoms with Crippen molar-refractivity contribution >= 4 is 38.7 Å². The number of anilines is 3. The van der Waals surface area contributed by atoms with Crippen molar-refractivity contribution in [2.24, 2.45) is 0 Å². The van der Waals surface area contributed by atoms with Gasteiger partial charge in [0.1, 0.15) is 17.0 Å². The Kier molecular flexibility index (Phi) is 3.64. The molecular weight excluding hydrogens is 292 g/mol. The van der Waals surface area contributed by atoms with Crippen LogP contribution >= 0.6 is 11.3 Å². The fourth-order valence-corrected chi connectivity index (χ4v) is 3.76. The highest BCUT2D eigenvalue weighted by Crippen LogP contribution is 2.31. The molecule has 112 valence electrons. The Morgan fingerprint density at radius 2 is 1.82 bits per heavy atom. The zero-order valence-electron chi connectivity index (χ0n) is 12.2. The summed E-state index contributed by atoms with van der Waals surface area (Å²) in [6, 6.07) is 11.0. The van der Waals surface area contributed by atoms with Gasteiger partial charge in [-0.2, -0.15) is 0 Å². The van der Waals surface area contributed by atoms with Crippen LogP contribution in [0.2, 0.25) is 0 Å². The van der Waals surface area contributed by atoms with E-state index in [9.17, 15) is 0 Å². The standard InChI is InChI=1S/C17H18N4S/c1-2-6-12(5-1)20-14-7-3-4-8-15(14)21-16-13-9-10-22-17(13)19-11-18-16/h3-4,7-12,20H,1-2,5-6H2,(H,18,19,21). The minimum Gasteiger partial charge on any atom is -0.381 e. The SMILES string of the molecule is c1ccc(NC2CCCC2)c(Nc2ncnc3sccc23)c1. The third kappa shape index (κ3) is 2.64. The maximum Gasteiger partial charge on any atom is 0.142 e. The van der Waals surface area contributed by atoms with Gasteiger partial charge in [0.05, 0.1) is 16.8 Å². The quantitative estimate of drug-likeness (QED) is 0.727. The topological polar surface area (TPSA) is 49.8 Å². The third-order valence-electron chi connectivity index (χ3n) is 4.16. The molecule has 1 aliphatic carbocycles. The molecule has 0 atom stereocenters. The van der Waals surface area contributed by atoms with Crippen molar-refractivity contribution in [3.63, 3.8) is 0 Å². The number of hydrogen-bond donors (Lipinski definition) is 2. The molecule has 1 fully saturated rings. The molecule has 0 aliphatic heterocycles. The Morgan fingerprint density at radius 1 is 1.00 bits per heavy atom. The van der Waals surface area contributed by atoms with Crippen LogP contribution in [0.15, 0.2) is 42.0 Å². The zero-order valence-corrected chi connectivity index (χ0v) is 13.1. The van der Waals surface area contributed by atoms with E-state index in [-0.39, 0.29) is 0 Å². The highest BCUT2D eigenvalue weighted by Gasteiger charge is 2.16. The molecule has 0 saturated heterocycles. The first-order valence-electron chi connectivity index (χ1n) is 7.71. The lowest BCUT2D eigenvalue weighted by Crippen LogP contribution is -2.15. The summed E-state index contributed by atoms with van der Waals surface area (Å²) < 4.78 is 0. The summed E-state index contributed by atoms with van der Waals surface area (Å²) in [7, 11) is 0. The van der Waals surface area contributed by atoms with E-state index in [4.69, 9.17) is 0 Å². The molecule has 1 aliphatic rings. The number of para-hydroxylation sites is 2. The molecule has 5 heteroatoms. The summed E-state index contributed by atoms with van der Waals surface area (Å²) in [6.45, 7) is 0. The smallest absolute Gasteiger partial charge is 0.142 e. The molecule has 2 heterocycles. The Balaban J connectivity index is 1.63. The van der Waals surface area contributed by atoms with Crippen LogP contribution in [-0.4, -0.2) is 16.0 Å². The van der Waals surface area contributed by atoms with Crippen molar-refractivity contribution in [2.45, 2.75) is 31.7 Å². The minimum atomic E-state index is 0.592. The summed E-state index contributed by atoms with van der Waals surface area (Å²) in [6.07, 6.45) is 6.80. The molecule has 4 rings (SSSR count). The van der Waals surface area contributed by atoms with Crippen LogP contribution in [0.5, 0.6) is 0 Å². The molecule has 0 amide bonds. The van der Waals surface area contributed by atoms with Crippen molar-refractivity contribution in [2.75, 3.05) is 10.6 Å². The van der Waals surface area contributed by atoms with Crippen molar-refractivity contribution in [1.82, 2.24) is 9.97 Å². The first kappa shape index (κ1) is 13.5. The summed E-state index contributed by atoms with van der Waals surface area (Å²) in [5.41, 5.74) is 2.22. The van der Waals surface area contributed by atoms with Gasteiger partial charge in [0.2, 0.25) is 0 Å². The van der Waals surface area contributed by atoms with Crippen LogP contribution in [0.25, 0.3) is 10.2 Å². The fourth-order valence-electron chi connectivity index (χ4n) is 3.03. The predicted molar refractivity (Wildman–Crippen MR) is 93.0 cm³/mol. The second-order valence-corrected chi connectivity index (χ2v) is 6.55. The van der Waals surface area contributed by atoms with E-state index in [1.165, 1.54) is 25.7 Å². The van der Waals surface area contributed by atoms with Crippen molar-refractivity contribution in [3.8, 4) is 0 Å². The van der Waals surface area contributed by atoms with E-state index in [1.54, 1.807) is 17.7 Å². The average molecular weight is 310 g/mol. The second-order valence-electron chi connectivity index (χ2n) is 5.66. The minimum absolute atomic E-state index is 0.592. The Bertz CT molecular complexity index is 777. The molecule has 0 bridgehead atoms. The lowest BCUT2D eigenvalue weighted by Gasteiger charge is -2.18. The number of thiophene rings is 1. The number of hydrogen-bond acceptors (Lipinski definition) is 5. The van der Waals surface area contributed by atoms with Gasteiger partial charge in [-0.3, -0.25) is 0 Å². The molecule has 2 N–H and O–H groups in total. The summed E-state index contributed by atoms with van der Waals surface area (Å²) in [5, 5.41) is 10.3. The first-order valence-corrected chi connectivity index (χ1v) is 8.59. The zero-order chi connectivity index (χ0) is 14.8. The van der Waals surface area contributed by atoms with Crippen molar-refractivity contribution in [3.05, 3.63) is 42.0 Å². The molecule has 1 aromatic carbocycles.